The Morgan fingerprint density at radius 2 is 2.47 bits per heavy atom. The van der Waals surface area contributed by atoms with Crippen LogP contribution in [-0.4, -0.2) is 20.2 Å². The third-order valence-electron chi connectivity index (χ3n) is 2.79. The van der Waals surface area contributed by atoms with Crippen molar-refractivity contribution in [2.45, 2.75) is 18.9 Å². The molecule has 0 aliphatic carbocycles. The fourth-order valence-corrected chi connectivity index (χ4v) is 3.68. The van der Waals surface area contributed by atoms with E-state index in [0.717, 1.165) is 13.2 Å². The Kier molecular flexibility index (Phi) is 4.20. The zero-order valence-corrected chi connectivity index (χ0v) is 11.2. The predicted molar refractivity (Wildman–Crippen MR) is 67.4 cm³/mol. The van der Waals surface area contributed by atoms with Gasteiger partial charge in [0.1, 0.15) is 0 Å². The van der Waals surface area contributed by atoms with Crippen LogP contribution in [0, 0.1) is 5.92 Å². The summed E-state index contributed by atoms with van der Waals surface area (Å²) < 4.78 is 7.08. The number of nitrogens with one attached hydrogen (secondary N) is 1. The van der Waals surface area contributed by atoms with E-state index < -0.39 is 0 Å². The molecule has 1 aliphatic heterocycles. The first-order chi connectivity index (χ1) is 7.31. The Morgan fingerprint density at radius 1 is 1.60 bits per heavy atom. The fourth-order valence-electron chi connectivity index (χ4n) is 2.11. The van der Waals surface area contributed by atoms with Gasteiger partial charge in [-0.25, -0.2) is 0 Å². The van der Waals surface area contributed by atoms with Crippen molar-refractivity contribution in [2.75, 3.05) is 20.2 Å². The molecule has 2 rings (SSSR count). The van der Waals surface area contributed by atoms with Crippen molar-refractivity contribution in [3.8, 4) is 0 Å². The Balaban J connectivity index is 2.10. The minimum Gasteiger partial charge on any atom is -0.372 e. The van der Waals surface area contributed by atoms with Crippen LogP contribution in [0.15, 0.2) is 15.9 Å². The van der Waals surface area contributed by atoms with Gasteiger partial charge in [0.15, 0.2) is 0 Å². The highest BCUT2D eigenvalue weighted by Crippen LogP contribution is 2.37. The van der Waals surface area contributed by atoms with Gasteiger partial charge in [-0.2, -0.15) is 0 Å². The first-order valence-corrected chi connectivity index (χ1v) is 6.93. The third-order valence-corrected chi connectivity index (χ3v) is 4.47. The van der Waals surface area contributed by atoms with Gasteiger partial charge < -0.3 is 10.1 Å². The number of ether oxygens (including phenoxy) is 1. The summed E-state index contributed by atoms with van der Waals surface area (Å²) in [6.07, 6.45) is 2.75. The number of hydrogen-bond donors (Lipinski definition) is 1. The van der Waals surface area contributed by atoms with E-state index in [9.17, 15) is 0 Å². The third kappa shape index (κ3) is 2.81. The molecule has 1 aliphatic rings. The quantitative estimate of drug-likeness (QED) is 0.923. The van der Waals surface area contributed by atoms with Crippen molar-refractivity contribution in [1.82, 2.24) is 5.32 Å². The minimum atomic E-state index is 0.294. The minimum absolute atomic E-state index is 0.294. The molecule has 2 unspecified atom stereocenters. The maximum absolute atomic E-state index is 5.89. The van der Waals surface area contributed by atoms with E-state index in [1.807, 2.05) is 7.05 Å². The van der Waals surface area contributed by atoms with Crippen LogP contribution in [0.25, 0.3) is 0 Å². The van der Waals surface area contributed by atoms with Gasteiger partial charge in [0.05, 0.1) is 9.89 Å². The van der Waals surface area contributed by atoms with Crippen molar-refractivity contribution >= 4 is 27.3 Å². The van der Waals surface area contributed by atoms with Crippen LogP contribution in [0.3, 0.4) is 0 Å². The molecule has 2 heterocycles. The molecule has 1 N–H and O–H groups in total. The molecule has 15 heavy (non-hydrogen) atoms. The van der Waals surface area contributed by atoms with Crippen molar-refractivity contribution in [3.63, 3.8) is 0 Å². The highest BCUT2D eigenvalue weighted by molar-refractivity contribution is 9.11. The lowest BCUT2D eigenvalue weighted by Crippen LogP contribution is -2.29. The zero-order chi connectivity index (χ0) is 10.7. The van der Waals surface area contributed by atoms with Gasteiger partial charge in [-0.3, -0.25) is 0 Å². The molecule has 0 radical (unpaired) electrons. The van der Waals surface area contributed by atoms with Crippen LogP contribution in [-0.2, 0) is 4.74 Å². The molecule has 0 saturated carbocycles. The highest BCUT2D eigenvalue weighted by Gasteiger charge is 2.27. The molecule has 0 bridgehead atoms. The Labute approximate surface area is 103 Å². The maximum atomic E-state index is 5.89. The second-order valence-corrected chi connectivity index (χ2v) is 6.39. The molecule has 2 atom stereocenters. The topological polar surface area (TPSA) is 21.3 Å². The summed E-state index contributed by atoms with van der Waals surface area (Å²) in [6, 6.07) is 4.28. The lowest BCUT2D eigenvalue weighted by Gasteiger charge is -2.31. The maximum Gasteiger partial charge on any atom is 0.0957 e. The molecule has 0 spiro atoms. The summed E-state index contributed by atoms with van der Waals surface area (Å²) >= 11 is 5.29. The monoisotopic (exact) mass is 289 g/mol. The van der Waals surface area contributed by atoms with Gasteiger partial charge in [0.25, 0.3) is 0 Å². The van der Waals surface area contributed by atoms with Gasteiger partial charge in [-0.1, -0.05) is 0 Å². The number of halogens is 1. The molecule has 84 valence electrons. The molecule has 2 nitrogen and oxygen atoms in total. The molecule has 1 aromatic rings. The molecular formula is C11H16BrNOS. The van der Waals surface area contributed by atoms with Crippen molar-refractivity contribution < 1.29 is 4.74 Å². The van der Waals surface area contributed by atoms with Gasteiger partial charge in [-0.15, -0.1) is 11.3 Å². The van der Waals surface area contributed by atoms with Gasteiger partial charge in [-0.05, 0) is 48.0 Å². The van der Waals surface area contributed by atoms with Crippen LogP contribution in [0.4, 0.5) is 0 Å². The van der Waals surface area contributed by atoms with Crippen LogP contribution >= 0.6 is 27.3 Å². The van der Waals surface area contributed by atoms with Gasteiger partial charge in [0, 0.05) is 23.9 Å². The molecule has 1 saturated heterocycles. The van der Waals surface area contributed by atoms with Crippen LogP contribution < -0.4 is 5.32 Å². The summed E-state index contributed by atoms with van der Waals surface area (Å²) in [7, 11) is 2.01. The van der Waals surface area contributed by atoms with Gasteiger partial charge >= 0.3 is 0 Å². The summed E-state index contributed by atoms with van der Waals surface area (Å²) in [4.78, 5) is 1.35. The number of hydrogen-bond acceptors (Lipinski definition) is 3. The summed E-state index contributed by atoms with van der Waals surface area (Å²) in [5.41, 5.74) is 0. The average molecular weight is 290 g/mol. The SMILES string of the molecule is CNCC1CCCOC1c1ccc(Br)s1. The van der Waals surface area contributed by atoms with E-state index in [0.29, 0.717) is 12.0 Å². The van der Waals surface area contributed by atoms with Crippen molar-refractivity contribution in [2.24, 2.45) is 5.92 Å². The molecule has 0 amide bonds. The Morgan fingerprint density at radius 3 is 3.13 bits per heavy atom. The first-order valence-electron chi connectivity index (χ1n) is 5.32. The van der Waals surface area contributed by atoms with E-state index in [-0.39, 0.29) is 0 Å². The summed E-state index contributed by atoms with van der Waals surface area (Å²) in [5.74, 6) is 0.620. The van der Waals surface area contributed by atoms with Crippen LogP contribution in [0.5, 0.6) is 0 Å². The van der Waals surface area contributed by atoms with E-state index in [1.54, 1.807) is 11.3 Å². The smallest absolute Gasteiger partial charge is 0.0957 e. The van der Waals surface area contributed by atoms with E-state index in [4.69, 9.17) is 4.74 Å². The van der Waals surface area contributed by atoms with E-state index >= 15 is 0 Å². The standard InChI is InChI=1S/C11H16BrNOS/c1-13-7-8-3-2-6-14-11(8)9-4-5-10(12)15-9/h4-5,8,11,13H,2-3,6-7H2,1H3. The van der Waals surface area contributed by atoms with E-state index in [1.165, 1.54) is 21.5 Å². The molecule has 0 aromatic carbocycles. The largest absolute Gasteiger partial charge is 0.372 e. The van der Waals surface area contributed by atoms with Crippen molar-refractivity contribution in [3.05, 3.63) is 20.8 Å². The lowest BCUT2D eigenvalue weighted by molar-refractivity contribution is -0.0250. The first kappa shape index (κ1) is 11.6. The molecule has 4 heteroatoms. The summed E-state index contributed by atoms with van der Waals surface area (Å²) in [6.45, 7) is 1.95. The molecular weight excluding hydrogens is 274 g/mol. The average Bonchev–Trinajstić information content (AvgIpc) is 2.66. The van der Waals surface area contributed by atoms with Crippen molar-refractivity contribution in [1.29, 1.82) is 0 Å². The van der Waals surface area contributed by atoms with Crippen LogP contribution in [0.2, 0.25) is 0 Å². The van der Waals surface area contributed by atoms with Crippen LogP contribution in [0.1, 0.15) is 23.8 Å². The molecule has 1 fully saturated rings. The van der Waals surface area contributed by atoms with E-state index in [2.05, 4.69) is 33.4 Å². The normalized spacial score (nSPS) is 26.8. The predicted octanol–water partition coefficient (Wildman–Crippen LogP) is 3.20. The molecule has 1 aromatic heterocycles. The second-order valence-electron chi connectivity index (χ2n) is 3.89. The Hall–Kier alpha value is 0.1000. The Bertz CT molecular complexity index is 313. The zero-order valence-electron chi connectivity index (χ0n) is 8.83. The second kappa shape index (κ2) is 5.43. The highest BCUT2D eigenvalue weighted by atomic mass is 79.9. The lowest BCUT2D eigenvalue weighted by atomic mass is 9.93. The number of rotatable bonds is 3. The van der Waals surface area contributed by atoms with Gasteiger partial charge in [0.2, 0.25) is 0 Å². The fraction of sp³-hybridized carbons (Fsp3) is 0.636. The number of thiophene rings is 1. The summed E-state index contributed by atoms with van der Waals surface area (Å²) in [5, 5.41) is 3.26.